The number of hydrogen-bond donors (Lipinski definition) is 1. The number of aliphatic hydroxyl groups excluding tert-OH is 1. The van der Waals surface area contributed by atoms with Crippen molar-refractivity contribution in [2.24, 2.45) is 0 Å². The zero-order valence-corrected chi connectivity index (χ0v) is 12.5. The van der Waals surface area contributed by atoms with E-state index in [9.17, 15) is 5.11 Å². The molecule has 0 aliphatic carbocycles. The number of pyridine rings is 1. The van der Waals surface area contributed by atoms with E-state index in [0.29, 0.717) is 31.1 Å². The third-order valence-electron chi connectivity index (χ3n) is 3.10. The van der Waals surface area contributed by atoms with Gasteiger partial charge in [0.1, 0.15) is 0 Å². The summed E-state index contributed by atoms with van der Waals surface area (Å²) in [5, 5.41) is 10.4. The predicted octanol–water partition coefficient (Wildman–Crippen LogP) is 3.16. The summed E-state index contributed by atoms with van der Waals surface area (Å²) in [5.74, 6) is 1.37. The van der Waals surface area contributed by atoms with E-state index in [4.69, 9.17) is 9.47 Å². The average Bonchev–Trinajstić information content (AvgIpc) is 2.50. The molecule has 1 unspecified atom stereocenters. The van der Waals surface area contributed by atoms with Crippen LogP contribution in [0.15, 0.2) is 42.7 Å². The summed E-state index contributed by atoms with van der Waals surface area (Å²) in [7, 11) is 0. The number of hydrogen-bond acceptors (Lipinski definition) is 4. The molecule has 1 aromatic heterocycles. The first-order chi connectivity index (χ1) is 10.2. The van der Waals surface area contributed by atoms with Crippen LogP contribution in [0, 0.1) is 0 Å². The maximum atomic E-state index is 10.4. The highest BCUT2D eigenvalue weighted by Gasteiger charge is 2.13. The van der Waals surface area contributed by atoms with Crippen LogP contribution in [-0.4, -0.2) is 23.3 Å². The van der Waals surface area contributed by atoms with Crippen molar-refractivity contribution in [3.05, 3.63) is 53.9 Å². The molecule has 0 bridgehead atoms. The third-order valence-corrected chi connectivity index (χ3v) is 3.10. The molecule has 0 saturated heterocycles. The van der Waals surface area contributed by atoms with Gasteiger partial charge in [-0.2, -0.15) is 0 Å². The first-order valence-corrected chi connectivity index (χ1v) is 7.21. The van der Waals surface area contributed by atoms with Gasteiger partial charge in [0.15, 0.2) is 11.5 Å². The summed E-state index contributed by atoms with van der Waals surface area (Å²) < 4.78 is 11.1. The number of rotatable bonds is 7. The highest BCUT2D eigenvalue weighted by atomic mass is 16.5. The Hall–Kier alpha value is -2.07. The Balaban J connectivity index is 2.17. The summed E-state index contributed by atoms with van der Waals surface area (Å²) in [4.78, 5) is 4.06. The molecule has 0 fully saturated rings. The van der Waals surface area contributed by atoms with Gasteiger partial charge in [-0.25, -0.2) is 0 Å². The molecule has 1 atom stereocenters. The minimum Gasteiger partial charge on any atom is -0.490 e. The standard InChI is InChI=1S/C17H21NO3/c1-3-20-16-8-7-14(11-17(16)21-4-2)15(19)10-13-6-5-9-18-12-13/h5-9,11-12,15,19H,3-4,10H2,1-2H3. The normalized spacial score (nSPS) is 12.0. The first-order valence-electron chi connectivity index (χ1n) is 7.21. The molecule has 2 rings (SSSR count). The van der Waals surface area contributed by atoms with Gasteiger partial charge in [0.05, 0.1) is 19.3 Å². The number of nitrogens with zero attached hydrogens (tertiary/aromatic N) is 1. The van der Waals surface area contributed by atoms with Crippen LogP contribution in [0.3, 0.4) is 0 Å². The first kappa shape index (κ1) is 15.3. The molecule has 1 heterocycles. The Bertz CT molecular complexity index is 557. The SMILES string of the molecule is CCOc1ccc(C(O)Cc2cccnc2)cc1OCC. The van der Waals surface area contributed by atoms with E-state index in [-0.39, 0.29) is 0 Å². The second kappa shape index (κ2) is 7.64. The third kappa shape index (κ3) is 4.20. The van der Waals surface area contributed by atoms with Gasteiger partial charge < -0.3 is 14.6 Å². The lowest BCUT2D eigenvalue weighted by Crippen LogP contribution is -2.04. The van der Waals surface area contributed by atoms with Crippen molar-refractivity contribution in [2.45, 2.75) is 26.4 Å². The molecule has 0 amide bonds. The van der Waals surface area contributed by atoms with Crippen LogP contribution < -0.4 is 9.47 Å². The van der Waals surface area contributed by atoms with Crippen LogP contribution in [0.25, 0.3) is 0 Å². The van der Waals surface area contributed by atoms with Crippen molar-refractivity contribution in [1.29, 1.82) is 0 Å². The quantitative estimate of drug-likeness (QED) is 0.850. The molecule has 4 heteroatoms. The fraction of sp³-hybridized carbons (Fsp3) is 0.353. The molecule has 0 aliphatic heterocycles. The van der Waals surface area contributed by atoms with Gasteiger partial charge in [-0.15, -0.1) is 0 Å². The fourth-order valence-electron chi connectivity index (χ4n) is 2.13. The van der Waals surface area contributed by atoms with Crippen LogP contribution >= 0.6 is 0 Å². The number of aliphatic hydroxyl groups is 1. The average molecular weight is 287 g/mol. The van der Waals surface area contributed by atoms with Crippen molar-refractivity contribution in [1.82, 2.24) is 4.98 Å². The van der Waals surface area contributed by atoms with Crippen molar-refractivity contribution in [3.8, 4) is 11.5 Å². The van der Waals surface area contributed by atoms with Crippen molar-refractivity contribution >= 4 is 0 Å². The van der Waals surface area contributed by atoms with Crippen molar-refractivity contribution in [3.63, 3.8) is 0 Å². The van der Waals surface area contributed by atoms with Gasteiger partial charge in [-0.1, -0.05) is 12.1 Å². The molecule has 0 spiro atoms. The molecule has 1 aromatic carbocycles. The van der Waals surface area contributed by atoms with Crippen molar-refractivity contribution < 1.29 is 14.6 Å². The lowest BCUT2D eigenvalue weighted by Gasteiger charge is -2.15. The zero-order chi connectivity index (χ0) is 15.1. The Morgan fingerprint density at radius 1 is 1.10 bits per heavy atom. The Morgan fingerprint density at radius 2 is 1.86 bits per heavy atom. The Labute approximate surface area is 125 Å². The van der Waals surface area contributed by atoms with E-state index in [1.54, 1.807) is 12.4 Å². The van der Waals surface area contributed by atoms with Gasteiger partial charge in [-0.05, 0) is 43.2 Å². The Morgan fingerprint density at radius 3 is 2.52 bits per heavy atom. The number of aromatic nitrogens is 1. The van der Waals surface area contributed by atoms with Crippen LogP contribution in [0.5, 0.6) is 11.5 Å². The van der Waals surface area contributed by atoms with E-state index < -0.39 is 6.10 Å². The predicted molar refractivity (Wildman–Crippen MR) is 81.7 cm³/mol. The van der Waals surface area contributed by atoms with E-state index in [2.05, 4.69) is 4.98 Å². The summed E-state index contributed by atoms with van der Waals surface area (Å²) in [5.41, 5.74) is 1.81. The molecule has 112 valence electrons. The lowest BCUT2D eigenvalue weighted by atomic mass is 10.0. The van der Waals surface area contributed by atoms with Gasteiger partial charge in [0.25, 0.3) is 0 Å². The molecule has 4 nitrogen and oxygen atoms in total. The summed E-state index contributed by atoms with van der Waals surface area (Å²) in [6, 6.07) is 9.38. The molecule has 2 aromatic rings. The van der Waals surface area contributed by atoms with Gasteiger partial charge >= 0.3 is 0 Å². The van der Waals surface area contributed by atoms with E-state index in [0.717, 1.165) is 11.1 Å². The van der Waals surface area contributed by atoms with Gasteiger partial charge in [-0.3, -0.25) is 4.98 Å². The second-order valence-corrected chi connectivity index (χ2v) is 4.65. The summed E-state index contributed by atoms with van der Waals surface area (Å²) >= 11 is 0. The fourth-order valence-corrected chi connectivity index (χ4v) is 2.13. The van der Waals surface area contributed by atoms with E-state index in [1.807, 2.05) is 44.2 Å². The molecule has 21 heavy (non-hydrogen) atoms. The van der Waals surface area contributed by atoms with E-state index in [1.165, 1.54) is 0 Å². The van der Waals surface area contributed by atoms with Gasteiger partial charge in [0, 0.05) is 18.8 Å². The molecular weight excluding hydrogens is 266 g/mol. The topological polar surface area (TPSA) is 51.6 Å². The highest BCUT2D eigenvalue weighted by Crippen LogP contribution is 2.31. The van der Waals surface area contributed by atoms with Crippen molar-refractivity contribution in [2.75, 3.05) is 13.2 Å². The molecule has 0 aliphatic rings. The smallest absolute Gasteiger partial charge is 0.161 e. The minimum atomic E-state index is -0.593. The lowest BCUT2D eigenvalue weighted by molar-refractivity contribution is 0.177. The molecule has 0 radical (unpaired) electrons. The van der Waals surface area contributed by atoms with E-state index >= 15 is 0 Å². The maximum Gasteiger partial charge on any atom is 0.161 e. The number of ether oxygens (including phenoxy) is 2. The monoisotopic (exact) mass is 287 g/mol. The van der Waals surface area contributed by atoms with Crippen LogP contribution in [0.4, 0.5) is 0 Å². The van der Waals surface area contributed by atoms with Crippen LogP contribution in [0.1, 0.15) is 31.1 Å². The highest BCUT2D eigenvalue weighted by molar-refractivity contribution is 5.43. The summed E-state index contributed by atoms with van der Waals surface area (Å²) in [6.45, 7) is 5.00. The van der Waals surface area contributed by atoms with Crippen LogP contribution in [0.2, 0.25) is 0 Å². The number of benzene rings is 1. The Kier molecular flexibility index (Phi) is 5.58. The maximum absolute atomic E-state index is 10.4. The molecular formula is C17H21NO3. The second-order valence-electron chi connectivity index (χ2n) is 4.65. The zero-order valence-electron chi connectivity index (χ0n) is 12.5. The summed E-state index contributed by atoms with van der Waals surface area (Å²) in [6.07, 6.45) is 3.42. The van der Waals surface area contributed by atoms with Gasteiger partial charge in [0.2, 0.25) is 0 Å². The minimum absolute atomic E-state index is 0.521. The largest absolute Gasteiger partial charge is 0.490 e. The van der Waals surface area contributed by atoms with Crippen LogP contribution in [-0.2, 0) is 6.42 Å². The molecule has 0 saturated carbocycles. The molecule has 1 N–H and O–H groups in total.